The zero-order valence-corrected chi connectivity index (χ0v) is 11.8. The van der Waals surface area contributed by atoms with Gasteiger partial charge in [-0.05, 0) is 51.0 Å². The summed E-state index contributed by atoms with van der Waals surface area (Å²) in [5, 5.41) is -0.0935. The first-order valence-corrected chi connectivity index (χ1v) is 7.38. The first-order valence-electron chi connectivity index (χ1n) is 5.22. The highest BCUT2D eigenvalue weighted by atomic mass is 35.5. The predicted octanol–water partition coefficient (Wildman–Crippen LogP) is 2.62. The molecule has 0 spiro atoms. The number of rotatable bonds is 4. The van der Waals surface area contributed by atoms with Crippen molar-refractivity contribution in [1.29, 1.82) is 0 Å². The highest BCUT2D eigenvalue weighted by Crippen LogP contribution is 2.17. The summed E-state index contributed by atoms with van der Waals surface area (Å²) >= 11 is 5.91. The zero-order chi connectivity index (χ0) is 13.1. The molecule has 0 bridgehead atoms. The number of halogens is 1. The van der Waals surface area contributed by atoms with Crippen molar-refractivity contribution in [1.82, 2.24) is 4.72 Å². The van der Waals surface area contributed by atoms with Gasteiger partial charge in [0.05, 0.1) is 20.8 Å². The largest absolute Gasteiger partial charge is 0.257 e. The normalized spacial score (nSPS) is 17.5. The van der Waals surface area contributed by atoms with Gasteiger partial charge in [0.15, 0.2) is 0 Å². The first-order chi connectivity index (χ1) is 7.86. The van der Waals surface area contributed by atoms with Crippen molar-refractivity contribution in [2.24, 2.45) is 4.99 Å². The molecule has 0 saturated heterocycles. The zero-order valence-electron chi connectivity index (χ0n) is 10.2. The molecule has 0 saturated carbocycles. The van der Waals surface area contributed by atoms with Gasteiger partial charge in [0.2, 0.25) is 0 Å². The fraction of sp³-hybridized carbons (Fsp3) is 0.333. The van der Waals surface area contributed by atoms with Crippen LogP contribution in [0.2, 0.25) is 0 Å². The van der Waals surface area contributed by atoms with Crippen LogP contribution in [0.1, 0.15) is 13.8 Å². The summed E-state index contributed by atoms with van der Waals surface area (Å²) in [5.41, 5.74) is 1.65. The van der Waals surface area contributed by atoms with E-state index in [1.54, 1.807) is 31.3 Å². The molecule has 0 radical (unpaired) electrons. The molecular weight excluding hydrogens is 256 g/mol. The van der Waals surface area contributed by atoms with E-state index >= 15 is 0 Å². The molecule has 1 aromatic rings. The minimum atomic E-state index is -2.38. The molecule has 3 nitrogen and oxygen atoms in total. The first kappa shape index (κ1) is 14.2. The van der Waals surface area contributed by atoms with Gasteiger partial charge in [-0.15, -0.1) is 11.6 Å². The molecule has 0 fully saturated rings. The third kappa shape index (κ3) is 3.84. The minimum Gasteiger partial charge on any atom is -0.257 e. The number of hydrogen-bond acceptors (Lipinski definition) is 2. The van der Waals surface area contributed by atoms with Gasteiger partial charge in [-0.2, -0.15) is 0 Å². The average Bonchev–Trinajstić information content (AvgIpc) is 2.29. The second-order valence-corrected chi connectivity index (χ2v) is 6.63. The van der Waals surface area contributed by atoms with Crippen LogP contribution >= 0.6 is 11.6 Å². The lowest BCUT2D eigenvalue weighted by Gasteiger charge is -2.08. The Morgan fingerprint density at radius 3 is 2.41 bits per heavy atom. The van der Waals surface area contributed by atoms with Gasteiger partial charge in [0.25, 0.3) is 0 Å². The van der Waals surface area contributed by atoms with Gasteiger partial charge >= 0.3 is 0 Å². The third-order valence-electron chi connectivity index (χ3n) is 2.43. The van der Waals surface area contributed by atoms with E-state index in [2.05, 4.69) is 15.6 Å². The van der Waals surface area contributed by atoms with Crippen LogP contribution in [0.3, 0.4) is 0 Å². The Hall–Kier alpha value is -0.840. The van der Waals surface area contributed by atoms with Crippen molar-refractivity contribution in [3.05, 3.63) is 24.3 Å². The topological polar surface area (TPSA) is 41.5 Å². The maximum absolute atomic E-state index is 11.9. The molecule has 2 unspecified atom stereocenters. The van der Waals surface area contributed by atoms with Crippen LogP contribution in [0.25, 0.3) is 0 Å². The highest BCUT2D eigenvalue weighted by molar-refractivity contribution is 7.98. The molecule has 5 heteroatoms. The number of hydrogen-bond donors (Lipinski definition) is 1. The molecule has 0 amide bonds. The minimum absolute atomic E-state index is 0.0935. The lowest BCUT2D eigenvalue weighted by molar-refractivity contribution is 0.676. The summed E-state index contributed by atoms with van der Waals surface area (Å²) in [5.74, 6) is 3.64. The Bertz CT molecular complexity index is 504. The molecule has 94 valence electrons. The molecule has 0 aliphatic rings. The fourth-order valence-electron chi connectivity index (χ4n) is 1.15. The summed E-state index contributed by atoms with van der Waals surface area (Å²) in [7, 11) is -0.759. The fourth-order valence-corrected chi connectivity index (χ4v) is 2.01. The summed E-state index contributed by atoms with van der Waals surface area (Å²) < 4.78 is 14.6. The lowest BCUT2D eigenvalue weighted by atomic mass is 10.3. The van der Waals surface area contributed by atoms with Gasteiger partial charge in [0.1, 0.15) is 0 Å². The van der Waals surface area contributed by atoms with Crippen molar-refractivity contribution in [2.45, 2.75) is 24.1 Å². The summed E-state index contributed by atoms with van der Waals surface area (Å²) in [6.45, 7) is 3.75. The summed E-state index contributed by atoms with van der Waals surface area (Å²) in [4.78, 5) is 5.02. The lowest BCUT2D eigenvalue weighted by Crippen LogP contribution is -2.17. The van der Waals surface area contributed by atoms with Crippen molar-refractivity contribution in [3.8, 4) is 0 Å². The van der Waals surface area contributed by atoms with Gasteiger partial charge in [-0.1, -0.05) is 0 Å². The van der Waals surface area contributed by atoms with E-state index in [0.717, 1.165) is 11.4 Å². The van der Waals surface area contributed by atoms with Crippen LogP contribution in [0.15, 0.2) is 34.2 Å². The number of alkyl halides is 1. The molecule has 0 aliphatic heterocycles. The van der Waals surface area contributed by atoms with Crippen molar-refractivity contribution in [3.63, 3.8) is 0 Å². The molecule has 2 atom stereocenters. The van der Waals surface area contributed by atoms with Crippen molar-refractivity contribution >= 4 is 38.6 Å². The Balaban J connectivity index is 3.01. The molecule has 0 aliphatic carbocycles. The van der Waals surface area contributed by atoms with Crippen LogP contribution in [0.4, 0.5) is 5.69 Å². The van der Waals surface area contributed by atoms with Gasteiger partial charge in [-0.3, -0.25) is 4.99 Å². The maximum Gasteiger partial charge on any atom is 0.0687 e. The van der Waals surface area contributed by atoms with Crippen LogP contribution in [0, 0.1) is 0 Å². The second kappa shape index (κ2) is 5.67. The van der Waals surface area contributed by atoms with Gasteiger partial charge in [-0.25, -0.2) is 8.93 Å². The SMILES string of the molecule is C=S(=O)(NC)c1ccc(N=C(C)C(C)Cl)cc1. The standard InChI is InChI=1S/C12H17ClN2OS/c1-9(13)10(2)15-11-5-7-12(8-6-11)17(4,16)14-3/h5-9H,4H2,1-3H3,(H,14,16). The molecule has 1 rings (SSSR count). The number of aliphatic imine (C=N–C) groups is 1. The average molecular weight is 273 g/mol. The van der Waals surface area contributed by atoms with E-state index in [-0.39, 0.29) is 5.38 Å². The smallest absolute Gasteiger partial charge is 0.0687 e. The van der Waals surface area contributed by atoms with E-state index in [4.69, 9.17) is 11.6 Å². The summed E-state index contributed by atoms with van der Waals surface area (Å²) in [6, 6.07) is 7.13. The second-order valence-electron chi connectivity index (χ2n) is 3.74. The Labute approximate surface area is 108 Å². The van der Waals surface area contributed by atoms with Crippen molar-refractivity contribution in [2.75, 3.05) is 7.05 Å². The van der Waals surface area contributed by atoms with Crippen LogP contribution in [0.5, 0.6) is 0 Å². The van der Waals surface area contributed by atoms with E-state index in [1.807, 2.05) is 13.8 Å². The monoisotopic (exact) mass is 272 g/mol. The van der Waals surface area contributed by atoms with E-state index in [1.165, 1.54) is 0 Å². The molecular formula is C12H17ClN2OS. The predicted molar refractivity (Wildman–Crippen MR) is 77.1 cm³/mol. The Kier molecular flexibility index (Phi) is 4.74. The molecule has 0 aromatic heterocycles. The van der Waals surface area contributed by atoms with Crippen LogP contribution in [-0.2, 0) is 9.71 Å². The number of benzene rings is 1. The van der Waals surface area contributed by atoms with Crippen LogP contribution in [-0.4, -0.2) is 28.2 Å². The number of nitrogens with one attached hydrogen (secondary N) is 1. The molecule has 1 N–H and O–H groups in total. The third-order valence-corrected chi connectivity index (χ3v) is 4.44. The quantitative estimate of drug-likeness (QED) is 0.511. The molecule has 17 heavy (non-hydrogen) atoms. The molecule has 0 heterocycles. The van der Waals surface area contributed by atoms with E-state index < -0.39 is 9.71 Å². The van der Waals surface area contributed by atoms with Gasteiger partial charge in [0, 0.05) is 10.6 Å². The van der Waals surface area contributed by atoms with E-state index in [0.29, 0.717) is 4.90 Å². The number of nitrogens with zero attached hydrogens (tertiary/aromatic N) is 1. The van der Waals surface area contributed by atoms with Gasteiger partial charge < -0.3 is 0 Å². The van der Waals surface area contributed by atoms with E-state index in [9.17, 15) is 4.21 Å². The van der Waals surface area contributed by atoms with Crippen molar-refractivity contribution < 1.29 is 4.21 Å². The Morgan fingerprint density at radius 1 is 1.47 bits per heavy atom. The highest BCUT2D eigenvalue weighted by Gasteiger charge is 2.05. The Morgan fingerprint density at radius 2 is 2.00 bits per heavy atom. The molecule has 1 aromatic carbocycles. The maximum atomic E-state index is 11.9. The summed E-state index contributed by atoms with van der Waals surface area (Å²) in [6.07, 6.45) is 0. The van der Waals surface area contributed by atoms with Crippen LogP contribution < -0.4 is 4.72 Å².